The minimum absolute atomic E-state index is 0.0768. The van der Waals surface area contributed by atoms with Gasteiger partial charge in [0.25, 0.3) is 0 Å². The van der Waals surface area contributed by atoms with Gasteiger partial charge in [-0.15, -0.1) is 0 Å². The van der Waals surface area contributed by atoms with Gasteiger partial charge in [-0.05, 0) is 12.8 Å². The van der Waals surface area contributed by atoms with Crippen LogP contribution in [0.3, 0.4) is 0 Å². The summed E-state index contributed by atoms with van der Waals surface area (Å²) < 4.78 is 9.76. The van der Waals surface area contributed by atoms with Crippen LogP contribution in [-0.4, -0.2) is 38.2 Å². The summed E-state index contributed by atoms with van der Waals surface area (Å²) >= 11 is 0. The molecule has 0 bridgehead atoms. The second kappa shape index (κ2) is 11.4. The summed E-state index contributed by atoms with van der Waals surface area (Å²) in [5.41, 5.74) is 0. The molecule has 0 atom stereocenters. The van der Waals surface area contributed by atoms with Crippen LogP contribution >= 0.6 is 0 Å². The molecule has 0 fully saturated rings. The van der Waals surface area contributed by atoms with Crippen molar-refractivity contribution < 1.29 is 19.1 Å². The van der Waals surface area contributed by atoms with Crippen LogP contribution in [0.5, 0.6) is 0 Å². The molecule has 0 aliphatic heterocycles. The van der Waals surface area contributed by atoms with Gasteiger partial charge in [0.1, 0.15) is 13.1 Å². The molecule has 0 saturated carbocycles. The summed E-state index contributed by atoms with van der Waals surface area (Å²) in [6.07, 6.45) is 3.66. The van der Waals surface area contributed by atoms with Gasteiger partial charge in [0.2, 0.25) is 0 Å². The number of hydrogen-bond acceptors (Lipinski definition) is 4. The minimum Gasteiger partial charge on any atom is -0.465 e. The molecule has 0 heterocycles. The molecular weight excluding hydrogens is 222 g/mol. The van der Waals surface area contributed by atoms with Gasteiger partial charge >= 0.3 is 11.9 Å². The first-order valence-electron chi connectivity index (χ1n) is 6.15. The van der Waals surface area contributed by atoms with E-state index in [0.29, 0.717) is 13.2 Å². The van der Waals surface area contributed by atoms with Crippen molar-refractivity contribution >= 4 is 11.9 Å². The Bertz CT molecular complexity index is 197. The van der Waals surface area contributed by atoms with E-state index < -0.39 is 0 Å². The fraction of sp³-hybridized carbons (Fsp3) is 0.833. The maximum Gasteiger partial charge on any atom is 0.321 e. The molecule has 17 heavy (non-hydrogen) atoms. The number of carbonyl (C=O) groups excluding carboxylic acids is 2. The number of rotatable bonds is 10. The number of unbranched alkanes of at least 4 members (excludes halogenated alkanes) is 2. The highest BCUT2D eigenvalue weighted by Gasteiger charge is 2.06. The van der Waals surface area contributed by atoms with E-state index in [2.05, 4.69) is 5.32 Å². The lowest BCUT2D eigenvalue weighted by Gasteiger charge is -2.05. The predicted octanol–water partition coefficient (Wildman–Crippen LogP) is 1.28. The lowest BCUT2D eigenvalue weighted by atomic mass is 10.4. The van der Waals surface area contributed by atoms with Crippen LogP contribution in [0, 0.1) is 0 Å². The Kier molecular flexibility index (Phi) is 10.7. The Morgan fingerprint density at radius 1 is 0.882 bits per heavy atom. The fourth-order valence-electron chi connectivity index (χ4n) is 0.990. The summed E-state index contributed by atoms with van der Waals surface area (Å²) in [7, 11) is 0. The van der Waals surface area contributed by atoms with E-state index in [-0.39, 0.29) is 25.0 Å². The number of esters is 2. The van der Waals surface area contributed by atoms with Crippen molar-refractivity contribution in [3.05, 3.63) is 0 Å². The average Bonchev–Trinajstić information content (AvgIpc) is 2.30. The molecule has 0 aliphatic carbocycles. The van der Waals surface area contributed by atoms with Crippen molar-refractivity contribution in [1.82, 2.24) is 5.32 Å². The predicted molar refractivity (Wildman–Crippen MR) is 63.6 cm³/mol. The maximum absolute atomic E-state index is 11.1. The van der Waals surface area contributed by atoms with Crippen LogP contribution < -0.4 is 5.32 Å². The molecule has 99 valence electrons. The zero-order valence-corrected chi connectivity index (χ0v) is 10.7. The zero-order chi connectivity index (χ0) is 12.9. The van der Waals surface area contributed by atoms with Crippen molar-refractivity contribution in [2.75, 3.05) is 26.3 Å². The second-order valence-electron chi connectivity index (χ2n) is 3.69. The van der Waals surface area contributed by atoms with Gasteiger partial charge in [0, 0.05) is 0 Å². The van der Waals surface area contributed by atoms with Crippen molar-refractivity contribution in [2.24, 2.45) is 0 Å². The maximum atomic E-state index is 11.1. The molecule has 0 aliphatic rings. The highest BCUT2D eigenvalue weighted by atomic mass is 16.5. The van der Waals surface area contributed by atoms with Crippen LogP contribution in [0.4, 0.5) is 0 Å². The van der Waals surface area contributed by atoms with Gasteiger partial charge in [0.15, 0.2) is 0 Å². The normalized spacial score (nSPS) is 10.0. The summed E-state index contributed by atoms with van der Waals surface area (Å²) in [4.78, 5) is 22.2. The van der Waals surface area contributed by atoms with Crippen LogP contribution in [0.15, 0.2) is 0 Å². The highest BCUT2D eigenvalue weighted by Crippen LogP contribution is 1.90. The Balaban J connectivity index is 3.36. The molecule has 0 rings (SSSR count). The lowest BCUT2D eigenvalue weighted by Crippen LogP contribution is -2.25. The number of carbonyl (C=O) groups is 2. The molecule has 0 aromatic heterocycles. The van der Waals surface area contributed by atoms with Crippen molar-refractivity contribution in [3.63, 3.8) is 0 Å². The summed E-state index contributed by atoms with van der Waals surface area (Å²) in [6, 6.07) is 0. The van der Waals surface area contributed by atoms with E-state index in [1.165, 1.54) is 0 Å². The topological polar surface area (TPSA) is 66.7 Å². The van der Waals surface area contributed by atoms with Gasteiger partial charge in [-0.25, -0.2) is 5.32 Å². The molecule has 0 unspecified atom stereocenters. The number of hydrogen-bond donors (Lipinski definition) is 0. The Morgan fingerprint density at radius 2 is 1.29 bits per heavy atom. The molecule has 5 nitrogen and oxygen atoms in total. The van der Waals surface area contributed by atoms with E-state index in [4.69, 9.17) is 9.47 Å². The third kappa shape index (κ3) is 11.2. The van der Waals surface area contributed by atoms with Crippen molar-refractivity contribution in [1.29, 1.82) is 0 Å². The van der Waals surface area contributed by atoms with Gasteiger partial charge < -0.3 is 9.47 Å². The van der Waals surface area contributed by atoms with E-state index in [1.54, 1.807) is 0 Å². The molecule has 1 radical (unpaired) electrons. The zero-order valence-electron chi connectivity index (χ0n) is 10.7. The summed E-state index contributed by atoms with van der Waals surface area (Å²) in [5, 5.41) is 3.78. The highest BCUT2D eigenvalue weighted by molar-refractivity contribution is 5.74. The van der Waals surface area contributed by atoms with Gasteiger partial charge in [-0.3, -0.25) is 9.59 Å². The SMILES string of the molecule is CCCCOC(=O)C[N]CC(=O)OCCCC. The molecule has 0 amide bonds. The molecular formula is C12H22NO4. The Morgan fingerprint density at radius 3 is 1.65 bits per heavy atom. The monoisotopic (exact) mass is 244 g/mol. The Labute approximate surface area is 103 Å². The summed E-state index contributed by atoms with van der Waals surface area (Å²) in [5.74, 6) is -0.778. The molecule has 0 spiro atoms. The number of nitrogens with zero attached hydrogens (tertiary/aromatic N) is 1. The largest absolute Gasteiger partial charge is 0.465 e. The second-order valence-corrected chi connectivity index (χ2v) is 3.69. The number of ether oxygens (including phenoxy) is 2. The van der Waals surface area contributed by atoms with Gasteiger partial charge in [0.05, 0.1) is 13.2 Å². The smallest absolute Gasteiger partial charge is 0.321 e. The molecule has 0 saturated heterocycles. The van der Waals surface area contributed by atoms with Crippen molar-refractivity contribution in [3.8, 4) is 0 Å². The van der Waals surface area contributed by atoms with E-state index >= 15 is 0 Å². The quantitative estimate of drug-likeness (QED) is 0.429. The van der Waals surface area contributed by atoms with E-state index in [0.717, 1.165) is 25.7 Å². The van der Waals surface area contributed by atoms with Gasteiger partial charge in [-0.2, -0.15) is 0 Å². The van der Waals surface area contributed by atoms with Crippen LogP contribution in [-0.2, 0) is 19.1 Å². The first-order valence-corrected chi connectivity index (χ1v) is 6.15. The Hall–Kier alpha value is -1.10. The first-order chi connectivity index (χ1) is 8.20. The van der Waals surface area contributed by atoms with Crippen LogP contribution in [0.25, 0.3) is 0 Å². The molecule has 0 aromatic carbocycles. The van der Waals surface area contributed by atoms with Crippen molar-refractivity contribution in [2.45, 2.75) is 39.5 Å². The lowest BCUT2D eigenvalue weighted by molar-refractivity contribution is -0.144. The van der Waals surface area contributed by atoms with E-state index in [9.17, 15) is 9.59 Å². The average molecular weight is 244 g/mol. The standard InChI is InChI=1S/C12H22NO4/c1-3-5-7-16-11(14)9-13-10-12(15)17-8-6-4-2/h3-10H2,1-2H3. The first kappa shape index (κ1) is 15.9. The molecule has 5 heteroatoms. The molecule has 0 aromatic rings. The van der Waals surface area contributed by atoms with Crippen LogP contribution in [0.2, 0.25) is 0 Å². The summed E-state index contributed by atoms with van der Waals surface area (Å²) in [6.45, 7) is 4.73. The van der Waals surface area contributed by atoms with E-state index in [1.807, 2.05) is 13.8 Å². The minimum atomic E-state index is -0.389. The third-order valence-corrected chi connectivity index (χ3v) is 2.00. The van der Waals surface area contributed by atoms with Gasteiger partial charge in [-0.1, -0.05) is 26.7 Å². The third-order valence-electron chi connectivity index (χ3n) is 2.00. The fourth-order valence-corrected chi connectivity index (χ4v) is 0.990. The molecule has 0 N–H and O–H groups in total. The van der Waals surface area contributed by atoms with Crippen LogP contribution in [0.1, 0.15) is 39.5 Å².